The van der Waals surface area contributed by atoms with Crippen molar-refractivity contribution in [1.82, 2.24) is 15.5 Å². The third-order valence-corrected chi connectivity index (χ3v) is 7.21. The van der Waals surface area contributed by atoms with Gasteiger partial charge in [-0.3, -0.25) is 9.59 Å². The van der Waals surface area contributed by atoms with Gasteiger partial charge in [-0.05, 0) is 77.5 Å². The van der Waals surface area contributed by atoms with E-state index in [9.17, 15) is 14.4 Å². The number of carbonyl (C=O) groups is 3. The molecule has 2 unspecified atom stereocenters. The van der Waals surface area contributed by atoms with Gasteiger partial charge in [0.25, 0.3) is 0 Å². The quantitative estimate of drug-likeness (QED) is 0.404. The first-order valence-electron chi connectivity index (χ1n) is 13.9. The summed E-state index contributed by atoms with van der Waals surface area (Å²) in [5, 5.41) is 6.02. The monoisotopic (exact) mass is 525 g/mol. The van der Waals surface area contributed by atoms with Crippen LogP contribution in [0, 0.1) is 18.3 Å². The summed E-state index contributed by atoms with van der Waals surface area (Å²) < 4.78 is 5.46. The highest BCUT2D eigenvalue weighted by Gasteiger charge is 2.44. The van der Waals surface area contributed by atoms with Crippen molar-refractivity contribution in [3.05, 3.63) is 35.4 Å². The van der Waals surface area contributed by atoms with E-state index in [0.717, 1.165) is 25.7 Å². The maximum atomic E-state index is 14.4. The molecule has 1 fully saturated rings. The molecular formula is C31H47N3O4. The molecule has 2 rings (SSSR count). The van der Waals surface area contributed by atoms with Crippen LogP contribution >= 0.6 is 0 Å². The second-order valence-electron chi connectivity index (χ2n) is 12.3. The van der Waals surface area contributed by atoms with Crippen LogP contribution in [0.1, 0.15) is 111 Å². The van der Waals surface area contributed by atoms with E-state index in [-0.39, 0.29) is 23.8 Å². The van der Waals surface area contributed by atoms with E-state index < -0.39 is 29.3 Å². The molecule has 0 heterocycles. The first kappa shape index (κ1) is 31.2. The number of hydrogen-bond donors (Lipinski definition) is 2. The summed E-state index contributed by atoms with van der Waals surface area (Å²) in [4.78, 5) is 42.8. The lowest BCUT2D eigenvalue weighted by molar-refractivity contribution is -0.150. The van der Waals surface area contributed by atoms with Gasteiger partial charge in [-0.1, -0.05) is 58.1 Å². The molecular weight excluding hydrogens is 478 g/mol. The summed E-state index contributed by atoms with van der Waals surface area (Å²) in [5.41, 5.74) is -0.0383. The van der Waals surface area contributed by atoms with Crippen molar-refractivity contribution in [2.75, 3.05) is 0 Å². The summed E-state index contributed by atoms with van der Waals surface area (Å²) in [5.74, 6) is 1.82. The van der Waals surface area contributed by atoms with E-state index in [1.807, 2.05) is 46.8 Å². The fourth-order valence-corrected chi connectivity index (χ4v) is 4.75. The maximum absolute atomic E-state index is 14.4. The van der Waals surface area contributed by atoms with Gasteiger partial charge in [-0.25, -0.2) is 4.79 Å². The van der Waals surface area contributed by atoms with Gasteiger partial charge in [0.05, 0.1) is 0 Å². The summed E-state index contributed by atoms with van der Waals surface area (Å²) in [6.07, 6.45) is 10.7. The minimum absolute atomic E-state index is 0.0752. The number of carbonyl (C=O) groups excluding carboxylic acids is 3. The smallest absolute Gasteiger partial charge is 0.408 e. The largest absolute Gasteiger partial charge is 0.444 e. The Hall–Kier alpha value is -3.01. The lowest BCUT2D eigenvalue weighted by Crippen LogP contribution is -2.61. The molecule has 0 radical (unpaired) electrons. The van der Waals surface area contributed by atoms with Gasteiger partial charge in [0, 0.05) is 17.1 Å². The average molecular weight is 526 g/mol. The fraction of sp³-hybridized carbons (Fsp3) is 0.645. The molecule has 1 saturated carbocycles. The molecule has 1 aliphatic carbocycles. The van der Waals surface area contributed by atoms with Crippen molar-refractivity contribution in [3.8, 4) is 12.3 Å². The Morgan fingerprint density at radius 1 is 1.05 bits per heavy atom. The van der Waals surface area contributed by atoms with Crippen LogP contribution in [0.4, 0.5) is 4.79 Å². The predicted molar refractivity (Wildman–Crippen MR) is 151 cm³/mol. The average Bonchev–Trinajstić information content (AvgIpc) is 2.84. The van der Waals surface area contributed by atoms with Crippen molar-refractivity contribution < 1.29 is 19.1 Å². The second-order valence-corrected chi connectivity index (χ2v) is 12.3. The van der Waals surface area contributed by atoms with E-state index in [2.05, 4.69) is 16.6 Å². The normalized spacial score (nSPS) is 16.2. The Morgan fingerprint density at radius 3 is 2.11 bits per heavy atom. The zero-order valence-electron chi connectivity index (χ0n) is 24.5. The number of hydrogen-bond acceptors (Lipinski definition) is 4. The van der Waals surface area contributed by atoms with Gasteiger partial charge in [0.15, 0.2) is 0 Å². The molecule has 38 heavy (non-hydrogen) atoms. The standard InChI is InChI=1S/C31H47N3O4/c1-10-22-17-19-23(20-18-22)26(27(35)32-24-15-13-12-14-16-24)34(31(8,9)11-2)28(36)25(21(3)4)33-29(37)38-30(5,6)7/h1,17-21,24-26H,11-16H2,2-9H3,(H,32,35)(H,33,37). The van der Waals surface area contributed by atoms with Crippen LogP contribution in [0.2, 0.25) is 0 Å². The van der Waals surface area contributed by atoms with Crippen molar-refractivity contribution in [2.45, 2.75) is 123 Å². The first-order valence-corrected chi connectivity index (χ1v) is 13.9. The van der Waals surface area contributed by atoms with Crippen molar-refractivity contribution >= 4 is 17.9 Å². The number of nitrogens with zero attached hydrogens (tertiary/aromatic N) is 1. The maximum Gasteiger partial charge on any atom is 0.408 e. The molecule has 3 amide bonds. The SMILES string of the molecule is C#Cc1ccc(C(C(=O)NC2CCCCC2)N(C(=O)C(NC(=O)OC(C)(C)C)C(C)C)C(C)(C)CC)cc1. The van der Waals surface area contributed by atoms with E-state index in [0.29, 0.717) is 17.5 Å². The Kier molecular flexibility index (Phi) is 10.8. The lowest BCUT2D eigenvalue weighted by Gasteiger charge is -2.45. The molecule has 0 aliphatic heterocycles. The first-order chi connectivity index (χ1) is 17.7. The van der Waals surface area contributed by atoms with E-state index in [4.69, 9.17) is 11.2 Å². The van der Waals surface area contributed by atoms with Crippen LogP contribution in [0.3, 0.4) is 0 Å². The molecule has 0 aromatic heterocycles. The Morgan fingerprint density at radius 2 is 1.63 bits per heavy atom. The zero-order valence-corrected chi connectivity index (χ0v) is 24.5. The molecule has 7 heteroatoms. The van der Waals surface area contributed by atoms with Crippen LogP contribution < -0.4 is 10.6 Å². The molecule has 0 bridgehead atoms. The molecule has 2 atom stereocenters. The molecule has 0 saturated heterocycles. The van der Waals surface area contributed by atoms with E-state index in [1.165, 1.54) is 6.42 Å². The topological polar surface area (TPSA) is 87.7 Å². The van der Waals surface area contributed by atoms with Crippen LogP contribution in [0.5, 0.6) is 0 Å². The van der Waals surface area contributed by atoms with Gasteiger partial charge in [-0.15, -0.1) is 6.42 Å². The Bertz CT molecular complexity index is 995. The number of alkyl carbamates (subject to hydrolysis) is 1. The number of amides is 3. The van der Waals surface area contributed by atoms with Crippen molar-refractivity contribution in [1.29, 1.82) is 0 Å². The van der Waals surface area contributed by atoms with Crippen LogP contribution in [-0.4, -0.2) is 46.0 Å². The van der Waals surface area contributed by atoms with Gasteiger partial charge in [-0.2, -0.15) is 0 Å². The molecule has 1 aromatic rings. The summed E-state index contributed by atoms with van der Waals surface area (Å²) >= 11 is 0. The number of benzene rings is 1. The number of ether oxygens (including phenoxy) is 1. The highest BCUT2D eigenvalue weighted by molar-refractivity contribution is 5.93. The summed E-state index contributed by atoms with van der Waals surface area (Å²) in [6.45, 7) is 15.0. The summed E-state index contributed by atoms with van der Waals surface area (Å²) in [7, 11) is 0. The minimum atomic E-state index is -0.895. The number of rotatable bonds is 9. The predicted octanol–water partition coefficient (Wildman–Crippen LogP) is 5.72. The van der Waals surface area contributed by atoms with Gasteiger partial charge < -0.3 is 20.3 Å². The van der Waals surface area contributed by atoms with E-state index in [1.54, 1.807) is 37.8 Å². The second kappa shape index (κ2) is 13.2. The highest BCUT2D eigenvalue weighted by Crippen LogP contribution is 2.33. The Labute approximate surface area is 229 Å². The van der Waals surface area contributed by atoms with Crippen LogP contribution in [-0.2, 0) is 14.3 Å². The molecule has 2 N–H and O–H groups in total. The molecule has 1 aliphatic rings. The Balaban J connectivity index is 2.56. The third kappa shape index (κ3) is 8.51. The van der Waals surface area contributed by atoms with Gasteiger partial charge in [0.2, 0.25) is 11.8 Å². The molecule has 1 aromatic carbocycles. The highest BCUT2D eigenvalue weighted by atomic mass is 16.6. The van der Waals surface area contributed by atoms with Crippen LogP contribution in [0.15, 0.2) is 24.3 Å². The summed E-state index contributed by atoms with van der Waals surface area (Å²) in [6, 6.07) is 5.51. The number of nitrogens with one attached hydrogen (secondary N) is 2. The van der Waals surface area contributed by atoms with Crippen LogP contribution in [0.25, 0.3) is 0 Å². The lowest BCUT2D eigenvalue weighted by atomic mass is 9.89. The van der Waals surface area contributed by atoms with Crippen molar-refractivity contribution in [3.63, 3.8) is 0 Å². The minimum Gasteiger partial charge on any atom is -0.444 e. The third-order valence-electron chi connectivity index (χ3n) is 7.21. The van der Waals surface area contributed by atoms with E-state index >= 15 is 0 Å². The van der Waals surface area contributed by atoms with Gasteiger partial charge in [0.1, 0.15) is 17.7 Å². The zero-order chi connectivity index (χ0) is 28.7. The molecule has 210 valence electrons. The fourth-order valence-electron chi connectivity index (χ4n) is 4.75. The number of terminal acetylenes is 1. The van der Waals surface area contributed by atoms with Gasteiger partial charge >= 0.3 is 6.09 Å². The molecule has 0 spiro atoms. The molecule has 7 nitrogen and oxygen atoms in total. The van der Waals surface area contributed by atoms with Crippen molar-refractivity contribution in [2.24, 2.45) is 5.92 Å².